The smallest absolute Gasteiger partial charge is 0.231 e. The molecule has 4 rings (SSSR count). The van der Waals surface area contributed by atoms with Crippen LogP contribution in [0.15, 0.2) is 35.6 Å². The molecule has 0 radical (unpaired) electrons. The molecule has 0 aliphatic carbocycles. The van der Waals surface area contributed by atoms with Gasteiger partial charge in [0.2, 0.25) is 6.79 Å². The minimum absolute atomic E-state index is 0. The van der Waals surface area contributed by atoms with Crippen molar-refractivity contribution in [3.63, 3.8) is 0 Å². The van der Waals surface area contributed by atoms with E-state index in [1.807, 2.05) is 37.1 Å². The van der Waals surface area contributed by atoms with E-state index in [-0.39, 0.29) is 24.0 Å². The zero-order valence-corrected chi connectivity index (χ0v) is 17.3. The van der Waals surface area contributed by atoms with E-state index in [0.29, 0.717) is 19.3 Å². The Morgan fingerprint density at radius 2 is 2.27 bits per heavy atom. The van der Waals surface area contributed by atoms with Crippen LogP contribution in [0.3, 0.4) is 0 Å². The van der Waals surface area contributed by atoms with Gasteiger partial charge in [-0.1, -0.05) is 12.1 Å². The average molecular weight is 469 g/mol. The predicted octanol–water partition coefficient (Wildman–Crippen LogP) is 2.33. The predicted molar refractivity (Wildman–Crippen MR) is 110 cm³/mol. The number of aliphatic imine (C=N–C) groups is 1. The molecule has 1 aromatic carbocycles. The van der Waals surface area contributed by atoms with Gasteiger partial charge in [-0.15, -0.1) is 24.0 Å². The van der Waals surface area contributed by atoms with Crippen molar-refractivity contribution in [3.8, 4) is 11.5 Å². The van der Waals surface area contributed by atoms with Gasteiger partial charge in [0.15, 0.2) is 17.5 Å². The molecule has 1 unspecified atom stereocenters. The third-order valence-electron chi connectivity index (χ3n) is 4.81. The van der Waals surface area contributed by atoms with Crippen LogP contribution in [0.2, 0.25) is 0 Å². The maximum absolute atomic E-state index is 5.57. The molecule has 0 bridgehead atoms. The summed E-state index contributed by atoms with van der Waals surface area (Å²) in [6.45, 7) is 2.90. The number of nitrogens with one attached hydrogen (secondary N) is 1. The summed E-state index contributed by atoms with van der Waals surface area (Å²) in [6, 6.07) is 5.97. The Balaban J connectivity index is 0.00000196. The van der Waals surface area contributed by atoms with Crippen LogP contribution in [-0.4, -0.2) is 47.6 Å². The van der Waals surface area contributed by atoms with Gasteiger partial charge in [0.25, 0.3) is 0 Å². The fourth-order valence-corrected chi connectivity index (χ4v) is 3.51. The number of aryl methyl sites for hydroxylation is 1. The third-order valence-corrected chi connectivity index (χ3v) is 4.81. The van der Waals surface area contributed by atoms with E-state index >= 15 is 0 Å². The van der Waals surface area contributed by atoms with Gasteiger partial charge >= 0.3 is 0 Å². The van der Waals surface area contributed by atoms with Crippen LogP contribution in [-0.2, 0) is 13.6 Å². The van der Waals surface area contributed by atoms with Crippen LogP contribution in [0.1, 0.15) is 23.5 Å². The van der Waals surface area contributed by atoms with Crippen molar-refractivity contribution in [1.82, 2.24) is 20.0 Å². The molecule has 1 N–H and O–H groups in total. The second-order valence-corrected chi connectivity index (χ2v) is 6.43. The quantitative estimate of drug-likeness (QED) is 0.425. The Hall–Kier alpha value is -1.97. The van der Waals surface area contributed by atoms with Crippen molar-refractivity contribution in [2.45, 2.75) is 18.9 Å². The van der Waals surface area contributed by atoms with E-state index in [1.165, 1.54) is 5.56 Å². The van der Waals surface area contributed by atoms with Gasteiger partial charge in [-0.05, 0) is 18.1 Å². The van der Waals surface area contributed by atoms with E-state index in [1.54, 1.807) is 0 Å². The fourth-order valence-electron chi connectivity index (χ4n) is 3.51. The molecule has 140 valence electrons. The largest absolute Gasteiger partial charge is 0.454 e. The molecule has 0 amide bonds. The molecule has 1 fully saturated rings. The molecule has 8 heteroatoms. The lowest BCUT2D eigenvalue weighted by atomic mass is 10.0. The third kappa shape index (κ3) is 3.74. The highest BCUT2D eigenvalue weighted by Crippen LogP contribution is 2.35. The summed E-state index contributed by atoms with van der Waals surface area (Å²) < 4.78 is 12.9. The highest BCUT2D eigenvalue weighted by atomic mass is 127. The van der Waals surface area contributed by atoms with Crippen molar-refractivity contribution < 1.29 is 9.47 Å². The summed E-state index contributed by atoms with van der Waals surface area (Å²) in [5.41, 5.74) is 2.38. The number of hydrogen-bond acceptors (Lipinski definition) is 4. The van der Waals surface area contributed by atoms with Crippen LogP contribution in [0, 0.1) is 0 Å². The first-order chi connectivity index (χ1) is 12.2. The van der Waals surface area contributed by atoms with Crippen molar-refractivity contribution in [2.24, 2.45) is 12.0 Å². The highest BCUT2D eigenvalue weighted by Gasteiger charge is 2.27. The van der Waals surface area contributed by atoms with Crippen LogP contribution in [0.25, 0.3) is 0 Å². The Labute approximate surface area is 170 Å². The maximum Gasteiger partial charge on any atom is 0.231 e. The minimum Gasteiger partial charge on any atom is -0.454 e. The zero-order chi connectivity index (χ0) is 17.2. The summed E-state index contributed by atoms with van der Waals surface area (Å²) in [6.07, 6.45) is 5.19. The number of para-hydroxylation sites is 1. The molecule has 3 heterocycles. The Morgan fingerprint density at radius 3 is 3.04 bits per heavy atom. The molecule has 1 saturated heterocycles. The number of likely N-dealkylation sites (tertiary alicyclic amines) is 1. The number of nitrogens with zero attached hydrogens (tertiary/aromatic N) is 4. The average Bonchev–Trinajstić information content (AvgIpc) is 3.35. The number of benzene rings is 1. The van der Waals surface area contributed by atoms with E-state index in [4.69, 9.17) is 9.47 Å². The molecule has 2 aliphatic heterocycles. The van der Waals surface area contributed by atoms with E-state index in [0.717, 1.165) is 42.5 Å². The monoisotopic (exact) mass is 469 g/mol. The molecule has 2 aliphatic rings. The topological polar surface area (TPSA) is 63.9 Å². The molecule has 26 heavy (non-hydrogen) atoms. The molecule has 2 aromatic rings. The lowest BCUT2D eigenvalue weighted by Crippen LogP contribution is -2.39. The van der Waals surface area contributed by atoms with Crippen LogP contribution in [0.4, 0.5) is 0 Å². The number of rotatable bonds is 3. The first-order valence-corrected chi connectivity index (χ1v) is 8.56. The number of ether oxygens (including phenoxy) is 2. The lowest BCUT2D eigenvalue weighted by Gasteiger charge is -2.22. The fraction of sp³-hybridized carbons (Fsp3) is 0.444. The Bertz CT molecular complexity index is 792. The van der Waals surface area contributed by atoms with Crippen LogP contribution in [0.5, 0.6) is 11.5 Å². The molecule has 1 atom stereocenters. The van der Waals surface area contributed by atoms with Crippen LogP contribution >= 0.6 is 24.0 Å². The van der Waals surface area contributed by atoms with Crippen molar-refractivity contribution in [3.05, 3.63) is 41.7 Å². The maximum atomic E-state index is 5.57. The standard InChI is InChI=1S/C18H23N5O2.HI/c1-19-18(20-8-13-4-3-5-16-17(13)25-12-24-16)23-7-6-14(11-23)15-9-21-22(2)10-15;/h3-5,9-10,14H,6-8,11-12H2,1-2H3,(H,19,20);1H. The van der Waals surface area contributed by atoms with Gasteiger partial charge in [-0.3, -0.25) is 9.67 Å². The second kappa shape index (κ2) is 8.15. The van der Waals surface area contributed by atoms with Gasteiger partial charge in [0.05, 0.1) is 6.20 Å². The van der Waals surface area contributed by atoms with E-state index in [9.17, 15) is 0 Å². The first kappa shape index (κ1) is 18.8. The van der Waals surface area contributed by atoms with Gasteiger partial charge < -0.3 is 19.7 Å². The van der Waals surface area contributed by atoms with Gasteiger partial charge in [-0.2, -0.15) is 5.10 Å². The van der Waals surface area contributed by atoms with Gasteiger partial charge in [0.1, 0.15) is 0 Å². The summed E-state index contributed by atoms with van der Waals surface area (Å²) >= 11 is 0. The molecule has 0 spiro atoms. The van der Waals surface area contributed by atoms with Crippen LogP contribution < -0.4 is 14.8 Å². The van der Waals surface area contributed by atoms with E-state index in [2.05, 4.69) is 32.6 Å². The summed E-state index contributed by atoms with van der Waals surface area (Å²) in [5, 5.41) is 7.74. The lowest BCUT2D eigenvalue weighted by molar-refractivity contribution is 0.173. The molecular weight excluding hydrogens is 445 g/mol. The molecule has 7 nitrogen and oxygen atoms in total. The number of hydrogen-bond donors (Lipinski definition) is 1. The number of aromatic nitrogens is 2. The number of halogens is 1. The van der Waals surface area contributed by atoms with Crippen molar-refractivity contribution in [2.75, 3.05) is 26.9 Å². The first-order valence-electron chi connectivity index (χ1n) is 8.56. The SMILES string of the molecule is CN=C(NCc1cccc2c1OCO2)N1CCC(c2cnn(C)c2)C1.I. The van der Waals surface area contributed by atoms with Crippen molar-refractivity contribution in [1.29, 1.82) is 0 Å². The normalized spacial score (nSPS) is 18.8. The Morgan fingerprint density at radius 1 is 1.38 bits per heavy atom. The molecular formula is C18H24IN5O2. The number of fused-ring (bicyclic) bond motifs is 1. The summed E-state index contributed by atoms with van der Waals surface area (Å²) in [5.74, 6) is 3.07. The van der Waals surface area contributed by atoms with E-state index < -0.39 is 0 Å². The highest BCUT2D eigenvalue weighted by molar-refractivity contribution is 14.0. The summed E-state index contributed by atoms with van der Waals surface area (Å²) in [4.78, 5) is 6.75. The number of guanidine groups is 1. The second-order valence-electron chi connectivity index (χ2n) is 6.43. The summed E-state index contributed by atoms with van der Waals surface area (Å²) in [7, 11) is 3.79. The Kier molecular flexibility index (Phi) is 5.90. The van der Waals surface area contributed by atoms with Crippen molar-refractivity contribution >= 4 is 29.9 Å². The molecule has 1 aromatic heterocycles. The van der Waals surface area contributed by atoms with Gasteiger partial charge in [-0.25, -0.2) is 0 Å². The zero-order valence-electron chi connectivity index (χ0n) is 15.0. The van der Waals surface area contributed by atoms with Gasteiger partial charge in [0, 0.05) is 51.4 Å². The molecule has 0 saturated carbocycles. The minimum atomic E-state index is 0.